The lowest BCUT2D eigenvalue weighted by Gasteiger charge is -2.31. The van der Waals surface area contributed by atoms with Crippen LogP contribution < -0.4 is 9.63 Å². The fourth-order valence-corrected chi connectivity index (χ4v) is 2.84. The maximum absolute atomic E-state index is 12.5. The summed E-state index contributed by atoms with van der Waals surface area (Å²) in [6.45, 7) is 2.53. The van der Waals surface area contributed by atoms with Crippen LogP contribution in [0, 0.1) is 0 Å². The normalized spacial score (nSPS) is 15.0. The van der Waals surface area contributed by atoms with Crippen molar-refractivity contribution >= 4 is 23.3 Å². The molecule has 1 aromatic carbocycles. The Labute approximate surface area is 133 Å². The van der Waals surface area contributed by atoms with Crippen LogP contribution in [0.25, 0.3) is 0 Å². The molecule has 5 nitrogen and oxygen atoms in total. The first-order valence-corrected chi connectivity index (χ1v) is 7.53. The number of piperazine rings is 1. The van der Waals surface area contributed by atoms with Crippen molar-refractivity contribution in [2.45, 2.75) is 0 Å². The minimum absolute atomic E-state index is 0.0461. The lowest BCUT2D eigenvalue weighted by atomic mass is 10.2. The smallest absolute Gasteiger partial charge is 0.316 e. The molecule has 1 N–H and O–H groups in total. The number of amides is 1. The van der Waals surface area contributed by atoms with Gasteiger partial charge in [0.25, 0.3) is 5.91 Å². The number of anilines is 1. The number of halogens is 1. The zero-order valence-electron chi connectivity index (χ0n) is 12.0. The molecule has 1 amide bonds. The molecule has 6 heteroatoms. The van der Waals surface area contributed by atoms with Gasteiger partial charge in [0.2, 0.25) is 0 Å². The van der Waals surface area contributed by atoms with Gasteiger partial charge >= 0.3 is 5.82 Å². The van der Waals surface area contributed by atoms with Crippen molar-refractivity contribution in [3.8, 4) is 0 Å². The van der Waals surface area contributed by atoms with Crippen LogP contribution in [0.5, 0.6) is 0 Å². The molecular formula is C16H17ClN3O2+. The molecule has 1 aromatic heterocycles. The summed E-state index contributed by atoms with van der Waals surface area (Å²) in [7, 11) is 0. The van der Waals surface area contributed by atoms with Gasteiger partial charge in [-0.25, -0.2) is 0 Å². The van der Waals surface area contributed by atoms with E-state index in [1.807, 2.05) is 24.3 Å². The summed E-state index contributed by atoms with van der Waals surface area (Å²) in [4.78, 5) is 16.3. The lowest BCUT2D eigenvalue weighted by Crippen LogP contribution is -2.52. The van der Waals surface area contributed by atoms with E-state index >= 15 is 0 Å². The van der Waals surface area contributed by atoms with Gasteiger partial charge in [0.15, 0.2) is 0 Å². The molecule has 1 saturated heterocycles. The van der Waals surface area contributed by atoms with Gasteiger partial charge in [-0.1, -0.05) is 34.5 Å². The summed E-state index contributed by atoms with van der Waals surface area (Å²) in [6.07, 6.45) is 1.59. The Hall–Kier alpha value is -2.27. The van der Waals surface area contributed by atoms with Gasteiger partial charge in [0.1, 0.15) is 19.3 Å². The maximum atomic E-state index is 12.5. The maximum Gasteiger partial charge on any atom is 0.316 e. The Balaban J connectivity index is 1.68. The van der Waals surface area contributed by atoms with Crippen LogP contribution in [0.1, 0.15) is 10.4 Å². The van der Waals surface area contributed by atoms with Crippen LogP contribution in [0.4, 0.5) is 5.82 Å². The molecule has 1 fully saturated rings. The van der Waals surface area contributed by atoms with Crippen molar-refractivity contribution in [2.75, 3.05) is 31.1 Å². The van der Waals surface area contributed by atoms with Gasteiger partial charge in [-0.15, -0.1) is 0 Å². The highest BCUT2D eigenvalue weighted by Gasteiger charge is 2.28. The first-order chi connectivity index (χ1) is 10.7. The van der Waals surface area contributed by atoms with E-state index in [1.54, 1.807) is 29.3 Å². The number of carbonyl (C=O) groups is 1. The second-order valence-corrected chi connectivity index (χ2v) is 5.57. The summed E-state index contributed by atoms with van der Waals surface area (Å²) in [5.41, 5.74) is 0.537. The molecule has 0 saturated carbocycles. The predicted octanol–water partition coefficient (Wildman–Crippen LogP) is 1.83. The van der Waals surface area contributed by atoms with Crippen LogP contribution in [0.15, 0.2) is 48.7 Å². The highest BCUT2D eigenvalue weighted by atomic mass is 35.5. The van der Waals surface area contributed by atoms with Crippen molar-refractivity contribution in [1.29, 1.82) is 0 Å². The van der Waals surface area contributed by atoms with Crippen LogP contribution in [-0.2, 0) is 0 Å². The summed E-state index contributed by atoms with van der Waals surface area (Å²) in [5.74, 6) is 0.683. The zero-order valence-corrected chi connectivity index (χ0v) is 12.8. The second kappa shape index (κ2) is 6.23. The first-order valence-electron chi connectivity index (χ1n) is 7.15. The number of rotatable bonds is 2. The third kappa shape index (κ3) is 2.85. The molecule has 0 unspecified atom stereocenters. The van der Waals surface area contributed by atoms with E-state index in [0.29, 0.717) is 36.8 Å². The van der Waals surface area contributed by atoms with Gasteiger partial charge in [-0.05, 0) is 18.2 Å². The van der Waals surface area contributed by atoms with Gasteiger partial charge in [-0.3, -0.25) is 9.69 Å². The Bertz CT molecular complexity index is 685. The number of hydrogen-bond acceptors (Lipinski definition) is 3. The molecule has 2 heterocycles. The second-order valence-electron chi connectivity index (χ2n) is 5.16. The topological polar surface area (TPSA) is 47.7 Å². The largest absolute Gasteiger partial charge is 0.350 e. The Morgan fingerprint density at radius 1 is 1.05 bits per heavy atom. The van der Waals surface area contributed by atoms with E-state index in [2.05, 4.69) is 4.90 Å². The average molecular weight is 319 g/mol. The first kappa shape index (κ1) is 14.7. The van der Waals surface area contributed by atoms with Gasteiger partial charge in [0, 0.05) is 6.07 Å². The molecule has 0 radical (unpaired) electrons. The molecule has 0 atom stereocenters. The molecule has 22 heavy (non-hydrogen) atoms. The standard InChI is InChI=1S/C16H17ClN3O2/c17-14-6-2-1-5-13(14)16(21)19-11-9-18(10-12-19)15-7-3-4-8-20(15)22/h1-8,22H,9-12H2/q+1. The van der Waals surface area contributed by atoms with Crippen LogP contribution >= 0.6 is 11.6 Å². The Morgan fingerprint density at radius 3 is 2.41 bits per heavy atom. The van der Waals surface area contributed by atoms with E-state index < -0.39 is 0 Å². The third-order valence-corrected chi connectivity index (χ3v) is 4.14. The number of carbonyl (C=O) groups excluding carboxylic acids is 1. The average Bonchev–Trinajstić information content (AvgIpc) is 2.55. The monoisotopic (exact) mass is 318 g/mol. The Morgan fingerprint density at radius 2 is 1.73 bits per heavy atom. The van der Waals surface area contributed by atoms with Crippen LogP contribution in [0.3, 0.4) is 0 Å². The highest BCUT2D eigenvalue weighted by molar-refractivity contribution is 6.33. The van der Waals surface area contributed by atoms with Crippen LogP contribution in [-0.4, -0.2) is 42.2 Å². The molecule has 0 bridgehead atoms. The molecule has 1 aliphatic heterocycles. The highest BCUT2D eigenvalue weighted by Crippen LogP contribution is 2.19. The van der Waals surface area contributed by atoms with Crippen molar-refractivity contribution in [1.82, 2.24) is 4.90 Å². The molecule has 0 spiro atoms. The van der Waals surface area contributed by atoms with E-state index in [-0.39, 0.29) is 5.91 Å². The minimum Gasteiger partial charge on any atom is -0.350 e. The third-order valence-electron chi connectivity index (χ3n) is 3.81. The number of aromatic nitrogens is 1. The van der Waals surface area contributed by atoms with Crippen molar-refractivity contribution in [3.63, 3.8) is 0 Å². The zero-order chi connectivity index (χ0) is 15.5. The number of nitrogens with zero attached hydrogens (tertiary/aromatic N) is 3. The van der Waals surface area contributed by atoms with E-state index in [0.717, 1.165) is 10.5 Å². The van der Waals surface area contributed by atoms with Crippen molar-refractivity contribution in [3.05, 3.63) is 59.2 Å². The molecule has 0 aliphatic carbocycles. The lowest BCUT2D eigenvalue weighted by molar-refractivity contribution is -0.894. The fraction of sp³-hybridized carbons (Fsp3) is 0.250. The number of hydrogen-bond donors (Lipinski definition) is 1. The number of pyridine rings is 1. The SMILES string of the molecule is O=C(c1ccccc1Cl)N1CCN(c2cccc[n+]2O)CC1. The predicted molar refractivity (Wildman–Crippen MR) is 83.4 cm³/mol. The quantitative estimate of drug-likeness (QED) is 0.679. The van der Waals surface area contributed by atoms with Crippen molar-refractivity contribution in [2.24, 2.45) is 0 Å². The number of benzene rings is 1. The van der Waals surface area contributed by atoms with Crippen molar-refractivity contribution < 1.29 is 14.7 Å². The molecule has 1 aliphatic rings. The summed E-state index contributed by atoms with van der Waals surface area (Å²) < 4.78 is 1.10. The molecular weight excluding hydrogens is 302 g/mol. The molecule has 2 aromatic rings. The van der Waals surface area contributed by atoms with Gasteiger partial charge < -0.3 is 10.1 Å². The molecule has 3 rings (SSSR count). The fourth-order valence-electron chi connectivity index (χ4n) is 2.62. The van der Waals surface area contributed by atoms with E-state index in [1.165, 1.54) is 0 Å². The molecule has 114 valence electrons. The van der Waals surface area contributed by atoms with Crippen LogP contribution in [0.2, 0.25) is 5.02 Å². The minimum atomic E-state index is -0.0461. The summed E-state index contributed by atoms with van der Waals surface area (Å²) in [5, 5.41) is 10.3. The van der Waals surface area contributed by atoms with E-state index in [4.69, 9.17) is 11.6 Å². The Kier molecular flexibility index (Phi) is 4.15. The van der Waals surface area contributed by atoms with E-state index in [9.17, 15) is 10.0 Å². The van der Waals surface area contributed by atoms with Gasteiger partial charge in [-0.2, -0.15) is 0 Å². The van der Waals surface area contributed by atoms with Gasteiger partial charge in [0.05, 0.1) is 23.7 Å². The summed E-state index contributed by atoms with van der Waals surface area (Å²) in [6, 6.07) is 12.6. The summed E-state index contributed by atoms with van der Waals surface area (Å²) >= 11 is 6.09.